The lowest BCUT2D eigenvalue weighted by Gasteiger charge is -2.17. The molecule has 1 atom stereocenters. The first-order valence-corrected chi connectivity index (χ1v) is 8.17. The first-order chi connectivity index (χ1) is 12.2. The fourth-order valence-electron chi connectivity index (χ4n) is 2.87. The highest BCUT2D eigenvalue weighted by atomic mass is 16.2. The Bertz CT molecular complexity index is 961. The Morgan fingerprint density at radius 1 is 1.08 bits per heavy atom. The molecule has 3 heteroatoms. The molecule has 0 aliphatic heterocycles. The first-order valence-electron chi connectivity index (χ1n) is 8.17. The number of amides is 1. The summed E-state index contributed by atoms with van der Waals surface area (Å²) < 4.78 is 0. The summed E-state index contributed by atoms with van der Waals surface area (Å²) in [6, 6.07) is 21.2. The van der Waals surface area contributed by atoms with Gasteiger partial charge in [0.15, 0.2) is 0 Å². The van der Waals surface area contributed by atoms with E-state index < -0.39 is 0 Å². The van der Waals surface area contributed by atoms with E-state index >= 15 is 0 Å². The van der Waals surface area contributed by atoms with E-state index in [1.54, 1.807) is 18.2 Å². The molecular formula is C22H19NO2. The van der Waals surface area contributed by atoms with E-state index in [-0.39, 0.29) is 18.6 Å². The van der Waals surface area contributed by atoms with Gasteiger partial charge in [0.25, 0.3) is 5.91 Å². The van der Waals surface area contributed by atoms with E-state index in [0.717, 1.165) is 16.3 Å². The highest BCUT2D eigenvalue weighted by molar-refractivity contribution is 5.95. The van der Waals surface area contributed by atoms with Crippen molar-refractivity contribution in [2.24, 2.45) is 0 Å². The van der Waals surface area contributed by atoms with Crippen LogP contribution in [0.4, 0.5) is 0 Å². The highest BCUT2D eigenvalue weighted by Crippen LogP contribution is 2.24. The van der Waals surface area contributed by atoms with Gasteiger partial charge in [0.05, 0.1) is 6.04 Å². The third-order valence-electron chi connectivity index (χ3n) is 4.07. The number of rotatable bonds is 3. The van der Waals surface area contributed by atoms with Crippen LogP contribution in [0.15, 0.2) is 66.7 Å². The molecule has 0 aliphatic rings. The van der Waals surface area contributed by atoms with Crippen molar-refractivity contribution in [3.8, 4) is 11.8 Å². The fourth-order valence-corrected chi connectivity index (χ4v) is 2.87. The van der Waals surface area contributed by atoms with Crippen LogP contribution in [0.1, 0.15) is 34.5 Å². The minimum Gasteiger partial charge on any atom is -0.384 e. The number of hydrogen-bond acceptors (Lipinski definition) is 2. The molecule has 0 aromatic heterocycles. The standard InChI is InChI=1S/C22H19NO2/c1-16(20-13-5-10-18-9-2-3-12-21(18)20)23-22(25)19-11-4-7-17(15-19)8-6-14-24/h2-5,7,9-13,15-16,24H,14H2,1H3,(H,23,25). The van der Waals surface area contributed by atoms with Crippen LogP contribution in [0.2, 0.25) is 0 Å². The Kier molecular flexibility index (Phi) is 5.13. The van der Waals surface area contributed by atoms with Gasteiger partial charge in [-0.3, -0.25) is 4.79 Å². The molecule has 0 fully saturated rings. The molecule has 3 rings (SSSR count). The Hall–Kier alpha value is -3.09. The summed E-state index contributed by atoms with van der Waals surface area (Å²) in [5.41, 5.74) is 2.35. The van der Waals surface area contributed by atoms with Crippen molar-refractivity contribution in [1.29, 1.82) is 0 Å². The van der Waals surface area contributed by atoms with Crippen LogP contribution in [0.3, 0.4) is 0 Å². The number of benzene rings is 3. The predicted molar refractivity (Wildman–Crippen MR) is 100 cm³/mol. The second-order valence-corrected chi connectivity index (χ2v) is 5.80. The van der Waals surface area contributed by atoms with Crippen LogP contribution in [0, 0.1) is 11.8 Å². The van der Waals surface area contributed by atoms with E-state index in [9.17, 15) is 4.79 Å². The molecule has 0 heterocycles. The average Bonchev–Trinajstić information content (AvgIpc) is 2.66. The van der Waals surface area contributed by atoms with Gasteiger partial charge in [0.1, 0.15) is 6.61 Å². The van der Waals surface area contributed by atoms with Gasteiger partial charge in [-0.15, -0.1) is 0 Å². The van der Waals surface area contributed by atoms with Gasteiger partial charge in [-0.2, -0.15) is 0 Å². The molecule has 3 aromatic rings. The normalized spacial score (nSPS) is 11.4. The molecule has 0 radical (unpaired) electrons. The van der Waals surface area contributed by atoms with Gasteiger partial charge in [-0.05, 0) is 41.5 Å². The van der Waals surface area contributed by atoms with Crippen molar-refractivity contribution in [1.82, 2.24) is 5.32 Å². The number of aliphatic hydroxyl groups is 1. The van der Waals surface area contributed by atoms with E-state index in [2.05, 4.69) is 35.4 Å². The van der Waals surface area contributed by atoms with Crippen LogP contribution in [-0.2, 0) is 0 Å². The van der Waals surface area contributed by atoms with Crippen LogP contribution in [0.5, 0.6) is 0 Å². The zero-order chi connectivity index (χ0) is 17.6. The molecule has 0 bridgehead atoms. The maximum Gasteiger partial charge on any atom is 0.251 e. The molecule has 3 nitrogen and oxygen atoms in total. The number of hydrogen-bond donors (Lipinski definition) is 2. The van der Waals surface area contributed by atoms with Gasteiger partial charge < -0.3 is 10.4 Å². The molecule has 0 spiro atoms. The van der Waals surface area contributed by atoms with Crippen molar-refractivity contribution < 1.29 is 9.90 Å². The summed E-state index contributed by atoms with van der Waals surface area (Å²) in [5, 5.41) is 14.1. The summed E-state index contributed by atoms with van der Waals surface area (Å²) >= 11 is 0. The predicted octanol–water partition coefficient (Wildman–Crippen LogP) is 3.67. The second kappa shape index (κ2) is 7.65. The number of aliphatic hydroxyl groups excluding tert-OH is 1. The average molecular weight is 329 g/mol. The van der Waals surface area contributed by atoms with Crippen LogP contribution < -0.4 is 5.32 Å². The summed E-state index contributed by atoms with van der Waals surface area (Å²) in [7, 11) is 0. The summed E-state index contributed by atoms with van der Waals surface area (Å²) in [4.78, 5) is 12.6. The van der Waals surface area contributed by atoms with Crippen molar-refractivity contribution in [2.45, 2.75) is 13.0 Å². The maximum atomic E-state index is 12.6. The quantitative estimate of drug-likeness (QED) is 0.720. The van der Waals surface area contributed by atoms with Crippen LogP contribution in [0.25, 0.3) is 10.8 Å². The smallest absolute Gasteiger partial charge is 0.251 e. The highest BCUT2D eigenvalue weighted by Gasteiger charge is 2.13. The lowest BCUT2D eigenvalue weighted by atomic mass is 9.99. The summed E-state index contributed by atoms with van der Waals surface area (Å²) in [5.74, 6) is 5.26. The molecule has 1 amide bonds. The second-order valence-electron chi connectivity index (χ2n) is 5.80. The minimum absolute atomic E-state index is 0.120. The number of fused-ring (bicyclic) bond motifs is 1. The first kappa shape index (κ1) is 16.8. The van der Waals surface area contributed by atoms with Crippen LogP contribution in [-0.4, -0.2) is 17.6 Å². The minimum atomic E-state index is -0.200. The topological polar surface area (TPSA) is 49.3 Å². The Morgan fingerprint density at radius 3 is 2.68 bits per heavy atom. The van der Waals surface area contributed by atoms with E-state index in [1.807, 2.05) is 37.3 Å². The molecular weight excluding hydrogens is 310 g/mol. The van der Waals surface area contributed by atoms with Gasteiger partial charge in [0.2, 0.25) is 0 Å². The van der Waals surface area contributed by atoms with Crippen LogP contribution >= 0.6 is 0 Å². The zero-order valence-electron chi connectivity index (χ0n) is 14.0. The molecule has 124 valence electrons. The Labute approximate surface area is 147 Å². The number of carbonyl (C=O) groups excluding carboxylic acids is 1. The molecule has 0 saturated carbocycles. The molecule has 0 aliphatic carbocycles. The summed E-state index contributed by atoms with van der Waals surface area (Å²) in [6.07, 6.45) is 0. The SMILES string of the molecule is CC(NC(=O)c1cccc(C#CCO)c1)c1cccc2ccccc12. The monoisotopic (exact) mass is 329 g/mol. The lowest BCUT2D eigenvalue weighted by molar-refractivity contribution is 0.0940. The number of nitrogens with one attached hydrogen (secondary N) is 1. The van der Waals surface area contributed by atoms with E-state index in [0.29, 0.717) is 11.1 Å². The third kappa shape index (κ3) is 3.88. The fraction of sp³-hybridized carbons (Fsp3) is 0.136. The van der Waals surface area contributed by atoms with Gasteiger partial charge in [-0.25, -0.2) is 0 Å². The van der Waals surface area contributed by atoms with E-state index in [4.69, 9.17) is 5.11 Å². The van der Waals surface area contributed by atoms with Gasteiger partial charge in [-0.1, -0.05) is 60.4 Å². The van der Waals surface area contributed by atoms with Gasteiger partial charge in [0, 0.05) is 11.1 Å². The third-order valence-corrected chi connectivity index (χ3v) is 4.07. The number of carbonyl (C=O) groups is 1. The Balaban J connectivity index is 1.83. The van der Waals surface area contributed by atoms with Crippen molar-refractivity contribution >= 4 is 16.7 Å². The molecule has 2 N–H and O–H groups in total. The van der Waals surface area contributed by atoms with Crippen molar-refractivity contribution in [2.75, 3.05) is 6.61 Å². The van der Waals surface area contributed by atoms with E-state index in [1.165, 1.54) is 0 Å². The van der Waals surface area contributed by atoms with Gasteiger partial charge >= 0.3 is 0 Å². The van der Waals surface area contributed by atoms with Crippen molar-refractivity contribution in [3.05, 3.63) is 83.4 Å². The van der Waals surface area contributed by atoms with Crippen molar-refractivity contribution in [3.63, 3.8) is 0 Å². The summed E-state index contributed by atoms with van der Waals surface area (Å²) in [6.45, 7) is 1.78. The zero-order valence-corrected chi connectivity index (χ0v) is 14.0. The lowest BCUT2D eigenvalue weighted by Crippen LogP contribution is -2.26. The molecule has 0 saturated heterocycles. The molecule has 3 aromatic carbocycles. The molecule has 1 unspecified atom stereocenters. The maximum absolute atomic E-state index is 12.6. The Morgan fingerprint density at radius 2 is 1.84 bits per heavy atom. The largest absolute Gasteiger partial charge is 0.384 e. The molecule has 25 heavy (non-hydrogen) atoms.